The maximum Gasteiger partial charge on any atom is 0.358 e. The molecule has 1 aromatic carbocycles. The second-order valence-electron chi connectivity index (χ2n) is 5.47. The molecule has 0 aliphatic rings. The number of hydrogen-bond acceptors (Lipinski definition) is 9. The van der Waals surface area contributed by atoms with E-state index in [0.717, 1.165) is 11.5 Å². The van der Waals surface area contributed by atoms with Crippen molar-refractivity contribution >= 4 is 23.5 Å². The first kappa shape index (κ1) is 20.6. The van der Waals surface area contributed by atoms with Crippen molar-refractivity contribution in [2.75, 3.05) is 7.11 Å². The van der Waals surface area contributed by atoms with E-state index in [1.807, 2.05) is 0 Å². The van der Waals surface area contributed by atoms with Gasteiger partial charge in [0, 0.05) is 11.6 Å². The molecular weight excluding hydrogens is 416 g/mol. The van der Waals surface area contributed by atoms with Crippen molar-refractivity contribution < 1.29 is 38.1 Å². The molecule has 0 fully saturated rings. The van der Waals surface area contributed by atoms with Crippen LogP contribution in [0, 0.1) is 0 Å². The molecule has 3 aromatic heterocycles. The predicted molar refractivity (Wildman–Crippen MR) is 103 cm³/mol. The number of aromatic nitrogens is 2. The second kappa shape index (κ2) is 9.39. The summed E-state index contributed by atoms with van der Waals surface area (Å²) in [5.41, 5.74) is 0.685. The lowest BCUT2D eigenvalue weighted by molar-refractivity contribution is 0.0681. The molecule has 11 heteroatoms. The lowest BCUT2D eigenvalue weighted by Gasteiger charge is -2.11. The van der Waals surface area contributed by atoms with E-state index in [1.165, 1.54) is 38.2 Å². The molecule has 3 heterocycles. The molecule has 0 spiro atoms. The van der Waals surface area contributed by atoms with Gasteiger partial charge in [-0.05, 0) is 29.7 Å². The summed E-state index contributed by atoms with van der Waals surface area (Å²) in [6.45, 7) is 0. The third-order valence-electron chi connectivity index (χ3n) is 3.62. The van der Waals surface area contributed by atoms with Crippen LogP contribution in [0.3, 0.4) is 0 Å². The maximum atomic E-state index is 11.1. The Bertz CT molecular complexity index is 1120. The Morgan fingerprint density at radius 3 is 2.40 bits per heavy atom. The summed E-state index contributed by atoms with van der Waals surface area (Å²) >= 11 is 1.03. The highest BCUT2D eigenvalue weighted by Crippen LogP contribution is 2.35. The fourth-order valence-electron chi connectivity index (χ4n) is 2.29. The molecule has 0 amide bonds. The van der Waals surface area contributed by atoms with E-state index in [-0.39, 0.29) is 17.0 Å². The van der Waals surface area contributed by atoms with Gasteiger partial charge in [0.2, 0.25) is 0 Å². The summed E-state index contributed by atoms with van der Waals surface area (Å²) in [7, 11) is 1.45. The molecular formula is C19H14N2O8S. The molecule has 0 saturated carbocycles. The second-order valence-corrected chi connectivity index (χ2v) is 6.23. The lowest BCUT2D eigenvalue weighted by atomic mass is 10.2. The van der Waals surface area contributed by atoms with Gasteiger partial charge in [-0.15, -0.1) is 5.10 Å². The molecule has 0 saturated heterocycles. The first-order valence-corrected chi connectivity index (χ1v) is 8.97. The van der Waals surface area contributed by atoms with E-state index < -0.39 is 11.9 Å². The minimum absolute atomic E-state index is 0.0329. The highest BCUT2D eigenvalue weighted by atomic mass is 32.1. The Labute approximate surface area is 173 Å². The van der Waals surface area contributed by atoms with Gasteiger partial charge >= 0.3 is 11.9 Å². The van der Waals surface area contributed by atoms with Gasteiger partial charge in [0.15, 0.2) is 22.9 Å². The van der Waals surface area contributed by atoms with Gasteiger partial charge in [-0.25, -0.2) is 9.59 Å². The molecule has 0 bridgehead atoms. The van der Waals surface area contributed by atoms with Crippen molar-refractivity contribution in [3.05, 3.63) is 66.6 Å². The number of carbonyl (C=O) groups is 2. The number of nitrogens with zero attached hydrogens (tertiary/aromatic N) is 2. The average Bonchev–Trinajstić information content (AvgIpc) is 3.49. The average molecular weight is 430 g/mol. The zero-order chi connectivity index (χ0) is 21.5. The molecule has 0 unspecified atom stereocenters. The minimum atomic E-state index is -1.08. The first-order chi connectivity index (χ1) is 14.5. The maximum absolute atomic E-state index is 11.1. The Morgan fingerprint density at radius 1 is 1.03 bits per heavy atom. The summed E-state index contributed by atoms with van der Waals surface area (Å²) in [5, 5.41) is 21.3. The Hall–Kier alpha value is -4.12. The predicted octanol–water partition coefficient (Wildman–Crippen LogP) is 4.28. The topological polar surface area (TPSA) is 145 Å². The summed E-state index contributed by atoms with van der Waals surface area (Å²) in [5.74, 6) is -1.24. The zero-order valence-corrected chi connectivity index (χ0v) is 16.2. The lowest BCUT2D eigenvalue weighted by Crippen LogP contribution is -2.01. The number of methoxy groups -OCH3 is 1. The Kier molecular flexibility index (Phi) is 6.45. The number of para-hydroxylation sites is 1. The Morgan fingerprint density at radius 2 is 1.80 bits per heavy atom. The summed E-state index contributed by atoms with van der Waals surface area (Å²) in [6, 6.07) is 7.91. The third kappa shape index (κ3) is 4.64. The van der Waals surface area contributed by atoms with Crippen molar-refractivity contribution in [1.82, 2.24) is 9.59 Å². The number of hydrogen-bond donors (Lipinski definition) is 2. The fraction of sp³-hybridized carbons (Fsp3) is 0.0526. The van der Waals surface area contributed by atoms with E-state index in [4.69, 9.17) is 28.5 Å². The van der Waals surface area contributed by atoms with Gasteiger partial charge in [0.25, 0.3) is 0 Å². The molecule has 4 aromatic rings. The van der Waals surface area contributed by atoms with E-state index in [1.54, 1.807) is 24.3 Å². The molecule has 0 aliphatic carbocycles. The number of ether oxygens (including phenoxy) is 2. The Balaban J connectivity index is 0.000000177. The number of carboxylic acid groups (broad SMARTS) is 2. The highest BCUT2D eigenvalue weighted by Gasteiger charge is 2.18. The van der Waals surface area contributed by atoms with Gasteiger partial charge in [0.1, 0.15) is 11.8 Å². The first-order valence-electron chi connectivity index (χ1n) is 8.19. The van der Waals surface area contributed by atoms with E-state index in [2.05, 4.69) is 9.59 Å². The van der Waals surface area contributed by atoms with Gasteiger partial charge in [-0.3, -0.25) is 0 Å². The molecule has 10 nitrogen and oxygen atoms in total. The standard InChI is InChI=1S/C12H10O5.C7H4N2O3S/c1-15-10-4-2-3-9(12(13)14)11(10)17-8-5-6-16-7-8;10-7(11)5-6(13-9-8-5)4-1-2-12-3-4/h2-7H,1H3,(H,13,14);1-3H,(H,10,11). The van der Waals surface area contributed by atoms with Crippen molar-refractivity contribution in [3.8, 4) is 27.7 Å². The minimum Gasteiger partial charge on any atom is -0.493 e. The zero-order valence-electron chi connectivity index (χ0n) is 15.3. The third-order valence-corrected chi connectivity index (χ3v) is 4.39. The van der Waals surface area contributed by atoms with E-state index in [9.17, 15) is 9.59 Å². The molecule has 4 rings (SSSR count). The molecule has 154 valence electrons. The van der Waals surface area contributed by atoms with Crippen LogP contribution >= 0.6 is 11.5 Å². The van der Waals surface area contributed by atoms with Crippen LogP contribution in [0.25, 0.3) is 10.4 Å². The number of carboxylic acids is 2. The van der Waals surface area contributed by atoms with Crippen LogP contribution < -0.4 is 9.47 Å². The van der Waals surface area contributed by atoms with Gasteiger partial charge in [-0.1, -0.05) is 10.6 Å². The van der Waals surface area contributed by atoms with Crippen LogP contribution in [0.5, 0.6) is 17.2 Å². The van der Waals surface area contributed by atoms with Crippen LogP contribution in [0.1, 0.15) is 20.8 Å². The summed E-state index contributed by atoms with van der Waals surface area (Å²) in [6.07, 6.45) is 5.74. The van der Waals surface area contributed by atoms with Crippen molar-refractivity contribution in [3.63, 3.8) is 0 Å². The normalized spacial score (nSPS) is 10.0. The van der Waals surface area contributed by atoms with E-state index >= 15 is 0 Å². The molecule has 0 atom stereocenters. The molecule has 30 heavy (non-hydrogen) atoms. The van der Waals surface area contributed by atoms with Crippen molar-refractivity contribution in [2.24, 2.45) is 0 Å². The van der Waals surface area contributed by atoms with E-state index in [0.29, 0.717) is 21.9 Å². The quantitative estimate of drug-likeness (QED) is 0.454. The van der Waals surface area contributed by atoms with Gasteiger partial charge in [-0.2, -0.15) is 0 Å². The molecule has 0 radical (unpaired) electrons. The van der Waals surface area contributed by atoms with Crippen molar-refractivity contribution in [2.45, 2.75) is 0 Å². The number of rotatable bonds is 6. The van der Waals surface area contributed by atoms with Crippen molar-refractivity contribution in [1.29, 1.82) is 0 Å². The summed E-state index contributed by atoms with van der Waals surface area (Å²) in [4.78, 5) is 22.2. The fourth-order valence-corrected chi connectivity index (χ4v) is 2.93. The van der Waals surface area contributed by atoms with Gasteiger partial charge < -0.3 is 28.5 Å². The number of furan rings is 2. The van der Waals surface area contributed by atoms with Crippen LogP contribution in [0.4, 0.5) is 0 Å². The SMILES string of the molecule is COc1cccc(C(=O)O)c1Oc1ccoc1.O=C(O)c1nnsc1-c1ccoc1. The monoisotopic (exact) mass is 430 g/mol. The largest absolute Gasteiger partial charge is 0.493 e. The van der Waals surface area contributed by atoms with Crippen LogP contribution in [-0.4, -0.2) is 38.8 Å². The smallest absolute Gasteiger partial charge is 0.358 e. The van der Waals surface area contributed by atoms with Crippen LogP contribution in [0.15, 0.2) is 64.2 Å². The van der Waals surface area contributed by atoms with Crippen LogP contribution in [-0.2, 0) is 0 Å². The summed E-state index contributed by atoms with van der Waals surface area (Å²) < 4.78 is 23.7. The van der Waals surface area contributed by atoms with Crippen LogP contribution in [0.2, 0.25) is 0 Å². The number of aromatic carboxylic acids is 2. The highest BCUT2D eigenvalue weighted by molar-refractivity contribution is 7.09. The molecule has 0 aliphatic heterocycles. The molecule has 2 N–H and O–H groups in total. The van der Waals surface area contributed by atoms with Gasteiger partial charge in [0.05, 0.1) is 30.8 Å². The number of benzene rings is 1.